The van der Waals surface area contributed by atoms with Crippen molar-refractivity contribution in [1.82, 2.24) is 10.2 Å². The third kappa shape index (κ3) is 6.60. The number of piperazine rings is 1. The second kappa shape index (κ2) is 11.7. The highest BCUT2D eigenvalue weighted by Gasteiger charge is 2.57. The van der Waals surface area contributed by atoms with Crippen LogP contribution in [0.15, 0.2) is 84.9 Å². The molecule has 1 saturated heterocycles. The van der Waals surface area contributed by atoms with Crippen molar-refractivity contribution >= 4 is 5.69 Å². The van der Waals surface area contributed by atoms with Crippen LogP contribution >= 0.6 is 0 Å². The Labute approximate surface area is 217 Å². The van der Waals surface area contributed by atoms with E-state index in [1.807, 2.05) is 30.3 Å². The lowest BCUT2D eigenvalue weighted by Gasteiger charge is -2.50. The number of nitrogens with one attached hydrogen (secondary N) is 1. The van der Waals surface area contributed by atoms with Gasteiger partial charge in [0.15, 0.2) is 0 Å². The van der Waals surface area contributed by atoms with E-state index in [2.05, 4.69) is 5.32 Å². The minimum Gasteiger partial charge on any atom is -0.497 e. The molecule has 3 aromatic rings. The first-order chi connectivity index (χ1) is 18.1. The third-order valence-electron chi connectivity index (χ3n) is 6.75. The van der Waals surface area contributed by atoms with Crippen LogP contribution in [0.4, 0.5) is 32.0 Å². The summed E-state index contributed by atoms with van der Waals surface area (Å²) >= 11 is 0. The highest BCUT2D eigenvalue weighted by molar-refractivity contribution is 5.52. The number of halogens is 6. The van der Waals surface area contributed by atoms with E-state index < -0.39 is 43.6 Å². The van der Waals surface area contributed by atoms with Gasteiger partial charge in [-0.25, -0.2) is 0 Å². The summed E-state index contributed by atoms with van der Waals surface area (Å²) in [6, 6.07) is 17.9. The van der Waals surface area contributed by atoms with Crippen LogP contribution in [0.25, 0.3) is 0 Å². The van der Waals surface area contributed by atoms with E-state index in [9.17, 15) is 26.3 Å². The van der Waals surface area contributed by atoms with Gasteiger partial charge in [0.05, 0.1) is 7.11 Å². The summed E-state index contributed by atoms with van der Waals surface area (Å²) in [6.07, 6.45) is -9.80. The molecule has 0 amide bonds. The molecular weight excluding hydrogens is 508 g/mol. The molecule has 1 heterocycles. The molecule has 204 valence electrons. The standard InChI is InChI=1S/C28H29F6N3O/c1-38-23-14-12-22(13-15-23)37-25(27(29,30)31)18-36(19-26(37)28(32,33)34)24(21-10-6-3-7-11-21)17-35-16-20-8-4-2-5-9-20/h2-15,24-26,35H,16-19H2,1H3. The summed E-state index contributed by atoms with van der Waals surface area (Å²) in [7, 11) is 1.38. The number of hydrogen-bond donors (Lipinski definition) is 1. The number of anilines is 1. The molecule has 3 unspecified atom stereocenters. The predicted molar refractivity (Wildman–Crippen MR) is 134 cm³/mol. The predicted octanol–water partition coefficient (Wildman–Crippen LogP) is 6.21. The lowest BCUT2D eigenvalue weighted by molar-refractivity contribution is -0.193. The normalized spacial score (nSPS) is 19.8. The molecule has 0 bridgehead atoms. The summed E-state index contributed by atoms with van der Waals surface area (Å²) in [6.45, 7) is -0.624. The van der Waals surface area contributed by atoms with Crippen LogP contribution in [0.2, 0.25) is 0 Å². The maximum Gasteiger partial charge on any atom is 0.410 e. The van der Waals surface area contributed by atoms with Crippen molar-refractivity contribution in [3.05, 3.63) is 96.1 Å². The molecule has 4 rings (SSSR count). The molecule has 38 heavy (non-hydrogen) atoms. The Balaban J connectivity index is 1.68. The smallest absolute Gasteiger partial charge is 0.410 e. The highest BCUT2D eigenvalue weighted by Crippen LogP contribution is 2.41. The van der Waals surface area contributed by atoms with Gasteiger partial charge in [-0.05, 0) is 35.4 Å². The number of ether oxygens (including phenoxy) is 1. The van der Waals surface area contributed by atoms with Gasteiger partial charge in [0.2, 0.25) is 0 Å². The number of methoxy groups -OCH3 is 1. The van der Waals surface area contributed by atoms with Crippen molar-refractivity contribution in [2.24, 2.45) is 0 Å². The van der Waals surface area contributed by atoms with Gasteiger partial charge in [0.25, 0.3) is 0 Å². The molecule has 3 aromatic carbocycles. The average Bonchev–Trinajstić information content (AvgIpc) is 2.90. The fraction of sp³-hybridized carbons (Fsp3) is 0.357. The van der Waals surface area contributed by atoms with Crippen molar-refractivity contribution in [2.45, 2.75) is 37.0 Å². The van der Waals surface area contributed by atoms with Gasteiger partial charge >= 0.3 is 12.4 Å². The zero-order chi connectivity index (χ0) is 27.3. The fourth-order valence-corrected chi connectivity index (χ4v) is 4.89. The van der Waals surface area contributed by atoms with Crippen molar-refractivity contribution in [3.8, 4) is 5.75 Å². The van der Waals surface area contributed by atoms with E-state index in [1.165, 1.54) is 36.3 Å². The van der Waals surface area contributed by atoms with Gasteiger partial charge < -0.3 is 15.0 Å². The molecule has 4 nitrogen and oxygen atoms in total. The highest BCUT2D eigenvalue weighted by atomic mass is 19.4. The van der Waals surface area contributed by atoms with Crippen molar-refractivity contribution in [2.75, 3.05) is 31.6 Å². The fourth-order valence-electron chi connectivity index (χ4n) is 4.89. The van der Waals surface area contributed by atoms with E-state index in [1.54, 1.807) is 30.3 Å². The second-order valence-electron chi connectivity index (χ2n) is 9.22. The minimum atomic E-state index is -4.90. The zero-order valence-electron chi connectivity index (χ0n) is 20.7. The number of benzene rings is 3. The number of nitrogens with zero attached hydrogens (tertiary/aromatic N) is 2. The molecule has 0 aromatic heterocycles. The molecule has 0 radical (unpaired) electrons. The third-order valence-corrected chi connectivity index (χ3v) is 6.75. The van der Waals surface area contributed by atoms with Crippen molar-refractivity contribution in [3.63, 3.8) is 0 Å². The number of alkyl halides is 6. The molecular formula is C28H29F6N3O. The molecule has 0 spiro atoms. The Kier molecular flexibility index (Phi) is 8.52. The van der Waals surface area contributed by atoms with Crippen LogP contribution < -0.4 is 15.0 Å². The largest absolute Gasteiger partial charge is 0.497 e. The molecule has 1 fully saturated rings. The van der Waals surface area contributed by atoms with Gasteiger partial charge in [0, 0.05) is 37.9 Å². The summed E-state index contributed by atoms with van der Waals surface area (Å²) < 4.78 is 91.6. The molecule has 0 aliphatic carbocycles. The van der Waals surface area contributed by atoms with Gasteiger partial charge in [-0.3, -0.25) is 4.90 Å². The summed E-state index contributed by atoms with van der Waals surface area (Å²) in [4.78, 5) is 1.78. The van der Waals surface area contributed by atoms with E-state index in [0.29, 0.717) is 22.8 Å². The van der Waals surface area contributed by atoms with Crippen LogP contribution in [0.5, 0.6) is 5.75 Å². The maximum atomic E-state index is 14.4. The van der Waals surface area contributed by atoms with Gasteiger partial charge in [-0.2, -0.15) is 26.3 Å². The lowest BCUT2D eigenvalue weighted by atomic mass is 9.97. The molecule has 3 atom stereocenters. The molecule has 1 aliphatic rings. The maximum absolute atomic E-state index is 14.4. The Hall–Kier alpha value is -3.24. The van der Waals surface area contributed by atoms with E-state index in [-0.39, 0.29) is 12.2 Å². The first-order valence-corrected chi connectivity index (χ1v) is 12.2. The zero-order valence-corrected chi connectivity index (χ0v) is 20.7. The molecule has 1 N–H and O–H groups in total. The summed E-state index contributed by atoms with van der Waals surface area (Å²) in [5.41, 5.74) is 1.45. The Morgan fingerprint density at radius 3 is 1.82 bits per heavy atom. The van der Waals surface area contributed by atoms with Crippen LogP contribution in [0.1, 0.15) is 17.2 Å². The molecule has 0 saturated carbocycles. The van der Waals surface area contributed by atoms with Gasteiger partial charge in [-0.15, -0.1) is 0 Å². The topological polar surface area (TPSA) is 27.7 Å². The van der Waals surface area contributed by atoms with E-state index in [0.717, 1.165) is 5.56 Å². The number of hydrogen-bond acceptors (Lipinski definition) is 4. The Morgan fingerprint density at radius 2 is 1.32 bits per heavy atom. The lowest BCUT2D eigenvalue weighted by Crippen LogP contribution is -2.68. The van der Waals surface area contributed by atoms with E-state index in [4.69, 9.17) is 4.74 Å². The van der Waals surface area contributed by atoms with Crippen LogP contribution in [0.3, 0.4) is 0 Å². The summed E-state index contributed by atoms with van der Waals surface area (Å²) in [5, 5.41) is 3.23. The first-order valence-electron chi connectivity index (χ1n) is 12.2. The summed E-state index contributed by atoms with van der Waals surface area (Å²) in [5.74, 6) is 0.341. The van der Waals surface area contributed by atoms with Crippen LogP contribution in [-0.2, 0) is 6.54 Å². The van der Waals surface area contributed by atoms with Crippen LogP contribution in [0, 0.1) is 0 Å². The Morgan fingerprint density at radius 1 is 0.789 bits per heavy atom. The monoisotopic (exact) mass is 537 g/mol. The van der Waals surface area contributed by atoms with Gasteiger partial charge in [-0.1, -0.05) is 60.7 Å². The quantitative estimate of drug-likeness (QED) is 0.346. The Bertz CT molecular complexity index is 1120. The average molecular weight is 538 g/mol. The molecule has 1 aliphatic heterocycles. The minimum absolute atomic E-state index is 0.159. The van der Waals surface area contributed by atoms with Crippen molar-refractivity contribution < 1.29 is 31.1 Å². The first kappa shape index (κ1) is 27.8. The van der Waals surface area contributed by atoms with Crippen LogP contribution in [-0.4, -0.2) is 56.1 Å². The SMILES string of the molecule is COc1ccc(N2C(C(F)(F)F)CN(C(CNCc3ccccc3)c3ccccc3)CC2C(F)(F)F)cc1. The van der Waals surface area contributed by atoms with E-state index >= 15 is 0 Å². The second-order valence-corrected chi connectivity index (χ2v) is 9.22. The number of rotatable bonds is 8. The van der Waals surface area contributed by atoms with Crippen molar-refractivity contribution in [1.29, 1.82) is 0 Å². The van der Waals surface area contributed by atoms with Gasteiger partial charge in [0.1, 0.15) is 17.8 Å². The molecule has 10 heteroatoms.